The van der Waals surface area contributed by atoms with Crippen molar-refractivity contribution in [3.8, 4) is 0 Å². The molecular weight excluding hydrogens is 314 g/mol. The monoisotopic (exact) mass is 333 g/mol. The largest absolute Gasteiger partial charge is 0.481 e. The maximum absolute atomic E-state index is 12.1. The van der Waals surface area contributed by atoms with Crippen LogP contribution in [0.15, 0.2) is 29.2 Å². The van der Waals surface area contributed by atoms with Crippen LogP contribution in [0.4, 0.5) is 5.69 Å². The number of thioether (sulfide) groups is 1. The van der Waals surface area contributed by atoms with Crippen LogP contribution in [0.5, 0.6) is 0 Å². The average molecular weight is 333 g/mol. The number of para-hydroxylation sites is 1. The van der Waals surface area contributed by atoms with Crippen molar-refractivity contribution in [2.24, 2.45) is 23.2 Å². The first-order valence-electron chi connectivity index (χ1n) is 8.13. The van der Waals surface area contributed by atoms with Gasteiger partial charge in [-0.25, -0.2) is 0 Å². The highest BCUT2D eigenvalue weighted by molar-refractivity contribution is 8.00. The highest BCUT2D eigenvalue weighted by Gasteiger charge is 2.61. The van der Waals surface area contributed by atoms with Gasteiger partial charge in [-0.3, -0.25) is 14.9 Å². The van der Waals surface area contributed by atoms with Gasteiger partial charge in [0, 0.05) is 11.3 Å². The standard InChI is InChI=1S/C17H19NO4S/c19-16(20)17-8-10-5-11(9-17)7-12(6-10)15(17)23-14-4-2-1-3-13(14)18(21)22/h1-4,10-12,15H,5-9H2,(H,19,20). The van der Waals surface area contributed by atoms with Gasteiger partial charge in [0.2, 0.25) is 0 Å². The predicted molar refractivity (Wildman–Crippen MR) is 86.4 cm³/mol. The Balaban J connectivity index is 1.71. The van der Waals surface area contributed by atoms with Crippen molar-refractivity contribution in [3.05, 3.63) is 34.4 Å². The summed E-state index contributed by atoms with van der Waals surface area (Å²) < 4.78 is 0. The molecule has 23 heavy (non-hydrogen) atoms. The van der Waals surface area contributed by atoms with Crippen LogP contribution in [0, 0.1) is 33.3 Å². The van der Waals surface area contributed by atoms with E-state index in [4.69, 9.17) is 0 Å². The first-order chi connectivity index (χ1) is 11.0. The number of aliphatic carboxylic acids is 1. The lowest BCUT2D eigenvalue weighted by molar-refractivity contribution is -0.387. The van der Waals surface area contributed by atoms with E-state index in [1.807, 2.05) is 0 Å². The number of hydrogen-bond donors (Lipinski definition) is 1. The van der Waals surface area contributed by atoms with Gasteiger partial charge in [-0.05, 0) is 55.9 Å². The number of carboxylic acids is 1. The number of rotatable bonds is 4. The molecule has 0 aliphatic heterocycles. The van der Waals surface area contributed by atoms with Crippen molar-refractivity contribution in [1.29, 1.82) is 0 Å². The van der Waals surface area contributed by atoms with E-state index in [1.54, 1.807) is 18.2 Å². The van der Waals surface area contributed by atoms with E-state index < -0.39 is 11.4 Å². The van der Waals surface area contributed by atoms with Crippen LogP contribution in [0.25, 0.3) is 0 Å². The normalized spacial score (nSPS) is 37.7. The molecule has 1 aromatic rings. The van der Waals surface area contributed by atoms with Crippen LogP contribution in [0.3, 0.4) is 0 Å². The minimum absolute atomic E-state index is 0.0473. The van der Waals surface area contributed by atoms with Crippen LogP contribution in [0.1, 0.15) is 32.1 Å². The second kappa shape index (κ2) is 5.23. The molecule has 4 bridgehead atoms. The number of carbonyl (C=O) groups is 1. The number of hydrogen-bond acceptors (Lipinski definition) is 4. The molecule has 3 unspecified atom stereocenters. The Kier molecular flexibility index (Phi) is 3.41. The lowest BCUT2D eigenvalue weighted by Crippen LogP contribution is -2.58. The summed E-state index contributed by atoms with van der Waals surface area (Å²) >= 11 is 1.44. The second-order valence-corrected chi connectivity index (χ2v) is 8.52. The van der Waals surface area contributed by atoms with Crippen molar-refractivity contribution in [2.75, 3.05) is 0 Å². The third-order valence-electron chi connectivity index (χ3n) is 5.96. The van der Waals surface area contributed by atoms with Crippen LogP contribution < -0.4 is 0 Å². The van der Waals surface area contributed by atoms with E-state index in [9.17, 15) is 20.0 Å². The van der Waals surface area contributed by atoms with E-state index in [0.29, 0.717) is 22.6 Å². The molecule has 0 amide bonds. The first kappa shape index (κ1) is 15.0. The number of nitro groups is 1. The summed E-state index contributed by atoms with van der Waals surface area (Å²) in [7, 11) is 0. The highest BCUT2D eigenvalue weighted by Crippen LogP contribution is 2.64. The molecule has 5 rings (SSSR count). The molecular formula is C17H19NO4S. The topological polar surface area (TPSA) is 80.4 Å². The van der Waals surface area contributed by atoms with E-state index in [2.05, 4.69) is 0 Å². The summed E-state index contributed by atoms with van der Waals surface area (Å²) in [4.78, 5) is 23.6. The Bertz CT molecular complexity index is 662. The maximum atomic E-state index is 12.1. The van der Waals surface area contributed by atoms with E-state index in [1.165, 1.54) is 24.2 Å². The van der Waals surface area contributed by atoms with Gasteiger partial charge in [0.1, 0.15) is 0 Å². The fourth-order valence-electron chi connectivity index (χ4n) is 5.34. The maximum Gasteiger partial charge on any atom is 0.310 e. The summed E-state index contributed by atoms with van der Waals surface area (Å²) in [5.74, 6) is 0.743. The Morgan fingerprint density at radius 1 is 1.22 bits per heavy atom. The summed E-state index contributed by atoms with van der Waals surface area (Å²) in [6.07, 6.45) is 4.84. The Hall–Kier alpha value is -1.56. The van der Waals surface area contributed by atoms with Crippen LogP contribution in [0.2, 0.25) is 0 Å². The van der Waals surface area contributed by atoms with Gasteiger partial charge < -0.3 is 5.11 Å². The molecule has 1 aromatic carbocycles. The van der Waals surface area contributed by atoms with Crippen LogP contribution in [-0.4, -0.2) is 21.2 Å². The molecule has 0 radical (unpaired) electrons. The zero-order valence-electron chi connectivity index (χ0n) is 12.7. The van der Waals surface area contributed by atoms with Gasteiger partial charge in [0.15, 0.2) is 0 Å². The van der Waals surface area contributed by atoms with Crippen LogP contribution >= 0.6 is 11.8 Å². The number of nitrogens with zero attached hydrogens (tertiary/aromatic N) is 1. The number of carboxylic acid groups (broad SMARTS) is 1. The molecule has 1 N–H and O–H groups in total. The molecule has 4 fully saturated rings. The minimum atomic E-state index is -0.701. The van der Waals surface area contributed by atoms with E-state index >= 15 is 0 Å². The van der Waals surface area contributed by atoms with Crippen molar-refractivity contribution in [3.63, 3.8) is 0 Å². The molecule has 4 saturated carbocycles. The third kappa shape index (κ3) is 2.26. The minimum Gasteiger partial charge on any atom is -0.481 e. The van der Waals surface area contributed by atoms with E-state index in [0.717, 1.165) is 25.7 Å². The molecule has 0 spiro atoms. The van der Waals surface area contributed by atoms with Crippen molar-refractivity contribution >= 4 is 23.4 Å². The fraction of sp³-hybridized carbons (Fsp3) is 0.588. The highest BCUT2D eigenvalue weighted by atomic mass is 32.2. The van der Waals surface area contributed by atoms with Crippen molar-refractivity contribution in [2.45, 2.75) is 42.2 Å². The molecule has 0 heterocycles. The number of benzene rings is 1. The molecule has 0 saturated heterocycles. The summed E-state index contributed by atoms with van der Waals surface area (Å²) in [5, 5.41) is 21.2. The third-order valence-corrected chi connectivity index (χ3v) is 7.65. The molecule has 4 aliphatic rings. The molecule has 0 aromatic heterocycles. The van der Waals surface area contributed by atoms with Gasteiger partial charge in [0.25, 0.3) is 5.69 Å². The fourth-order valence-corrected chi connectivity index (χ4v) is 6.97. The quantitative estimate of drug-likeness (QED) is 0.666. The Labute approximate surface area is 138 Å². The van der Waals surface area contributed by atoms with Gasteiger partial charge in [0.05, 0.1) is 15.2 Å². The zero-order valence-corrected chi connectivity index (χ0v) is 13.5. The molecule has 6 heteroatoms. The van der Waals surface area contributed by atoms with Crippen molar-refractivity contribution in [1.82, 2.24) is 0 Å². The van der Waals surface area contributed by atoms with Gasteiger partial charge in [-0.15, -0.1) is 11.8 Å². The second-order valence-electron chi connectivity index (χ2n) is 7.33. The Morgan fingerprint density at radius 3 is 2.48 bits per heavy atom. The zero-order chi connectivity index (χ0) is 16.2. The summed E-state index contributed by atoms with van der Waals surface area (Å²) in [5.41, 5.74) is -0.602. The summed E-state index contributed by atoms with van der Waals surface area (Å²) in [6, 6.07) is 6.71. The molecule has 3 atom stereocenters. The number of nitro benzene ring substituents is 1. The van der Waals surface area contributed by atoms with Gasteiger partial charge in [-0.2, -0.15) is 0 Å². The van der Waals surface area contributed by atoms with Gasteiger partial charge >= 0.3 is 5.97 Å². The molecule has 122 valence electrons. The summed E-state index contributed by atoms with van der Waals surface area (Å²) in [6.45, 7) is 0. The first-order valence-corrected chi connectivity index (χ1v) is 9.01. The molecule has 4 aliphatic carbocycles. The lowest BCUT2D eigenvalue weighted by atomic mass is 9.49. The lowest BCUT2D eigenvalue weighted by Gasteiger charge is -2.58. The predicted octanol–water partition coefficient (Wildman–Crippen LogP) is 3.97. The van der Waals surface area contributed by atoms with E-state index in [-0.39, 0.29) is 15.9 Å². The molecule has 5 nitrogen and oxygen atoms in total. The van der Waals surface area contributed by atoms with Crippen molar-refractivity contribution < 1.29 is 14.8 Å². The van der Waals surface area contributed by atoms with Gasteiger partial charge in [-0.1, -0.05) is 12.1 Å². The average Bonchev–Trinajstić information content (AvgIpc) is 2.50. The van der Waals surface area contributed by atoms with Crippen LogP contribution in [-0.2, 0) is 4.79 Å². The smallest absolute Gasteiger partial charge is 0.310 e. The Morgan fingerprint density at radius 2 is 1.87 bits per heavy atom. The SMILES string of the molecule is O=C(O)C12CC3CC(CC(C3)C1Sc1ccccc1[N+](=O)[O-])C2.